The number of likely N-dealkylation sites (tertiary alicyclic amines) is 1. The minimum absolute atomic E-state index is 0.0882. The molecule has 0 saturated carbocycles. The smallest absolute Gasteiger partial charge is 0.310 e. The maximum absolute atomic E-state index is 13.6. The summed E-state index contributed by atoms with van der Waals surface area (Å²) < 4.78 is 5.21. The number of rotatable bonds is 6. The van der Waals surface area contributed by atoms with Crippen molar-refractivity contribution in [3.63, 3.8) is 0 Å². The lowest BCUT2D eigenvalue weighted by atomic mass is 9.95. The van der Waals surface area contributed by atoms with E-state index in [0.29, 0.717) is 24.6 Å². The standard InChI is InChI=1S/C27H32ClN3O3/c1-4-34-27(33)20-8-7-13-30(16-20)17-26(32)31-25(21-9-5-6-10-23(21)28)15-24(29-31)22-14-18(2)11-12-19(22)3/h5-6,9-12,14,20,25H,4,7-8,13,15-17H2,1-3H3/t20-,25+/m0/s1. The predicted molar refractivity (Wildman–Crippen MR) is 134 cm³/mol. The monoisotopic (exact) mass is 481 g/mol. The summed E-state index contributed by atoms with van der Waals surface area (Å²) in [5.41, 5.74) is 5.13. The third kappa shape index (κ3) is 5.34. The summed E-state index contributed by atoms with van der Waals surface area (Å²) in [4.78, 5) is 27.8. The van der Waals surface area contributed by atoms with Crippen molar-refractivity contribution in [3.8, 4) is 0 Å². The van der Waals surface area contributed by atoms with Gasteiger partial charge in [-0.25, -0.2) is 5.01 Å². The minimum Gasteiger partial charge on any atom is -0.466 e. The van der Waals surface area contributed by atoms with Crippen molar-refractivity contribution in [1.29, 1.82) is 0 Å². The second kappa shape index (κ2) is 10.7. The van der Waals surface area contributed by atoms with Crippen molar-refractivity contribution in [2.45, 2.75) is 46.1 Å². The highest BCUT2D eigenvalue weighted by atomic mass is 35.5. The zero-order valence-corrected chi connectivity index (χ0v) is 20.8. The Kier molecular flexibility index (Phi) is 7.69. The number of amides is 1. The van der Waals surface area contributed by atoms with Crippen LogP contribution in [0, 0.1) is 19.8 Å². The van der Waals surface area contributed by atoms with Crippen LogP contribution in [0.2, 0.25) is 5.02 Å². The first-order valence-electron chi connectivity index (χ1n) is 12.0. The number of halogens is 1. The Hall–Kier alpha value is -2.70. The molecule has 2 aromatic rings. The van der Waals surface area contributed by atoms with Gasteiger partial charge in [-0.15, -0.1) is 0 Å². The van der Waals surface area contributed by atoms with Crippen LogP contribution in [0.3, 0.4) is 0 Å². The first kappa shape index (κ1) is 24.4. The van der Waals surface area contributed by atoms with Gasteiger partial charge < -0.3 is 4.74 Å². The van der Waals surface area contributed by atoms with Crippen LogP contribution in [0.25, 0.3) is 0 Å². The molecule has 0 spiro atoms. The molecule has 0 aliphatic carbocycles. The first-order valence-corrected chi connectivity index (χ1v) is 12.4. The number of carbonyl (C=O) groups excluding carboxylic acids is 2. The van der Waals surface area contributed by atoms with Crippen molar-refractivity contribution in [2.75, 3.05) is 26.2 Å². The summed E-state index contributed by atoms with van der Waals surface area (Å²) in [5.74, 6) is -0.451. The zero-order chi connectivity index (χ0) is 24.2. The molecule has 2 aliphatic rings. The van der Waals surface area contributed by atoms with Crippen molar-refractivity contribution in [2.24, 2.45) is 11.0 Å². The Bertz CT molecular complexity index is 1100. The number of nitrogens with zero attached hydrogens (tertiary/aromatic N) is 3. The second-order valence-corrected chi connectivity index (χ2v) is 9.58. The molecule has 0 aromatic heterocycles. The largest absolute Gasteiger partial charge is 0.466 e. The maximum Gasteiger partial charge on any atom is 0.310 e. The quantitative estimate of drug-likeness (QED) is 0.550. The normalized spacial score (nSPS) is 20.8. The topological polar surface area (TPSA) is 62.2 Å². The number of ether oxygens (including phenoxy) is 1. The van der Waals surface area contributed by atoms with Gasteiger partial charge in [-0.2, -0.15) is 5.10 Å². The van der Waals surface area contributed by atoms with Gasteiger partial charge in [0.2, 0.25) is 0 Å². The molecule has 4 rings (SSSR count). The van der Waals surface area contributed by atoms with E-state index >= 15 is 0 Å². The highest BCUT2D eigenvalue weighted by Crippen LogP contribution is 2.37. The molecule has 2 heterocycles. The highest BCUT2D eigenvalue weighted by molar-refractivity contribution is 6.31. The van der Waals surface area contributed by atoms with Crippen molar-refractivity contribution >= 4 is 29.2 Å². The Morgan fingerprint density at radius 2 is 1.97 bits per heavy atom. The van der Waals surface area contributed by atoms with Crippen molar-refractivity contribution in [3.05, 3.63) is 69.7 Å². The molecule has 6 nitrogen and oxygen atoms in total. The molecule has 7 heteroatoms. The summed E-state index contributed by atoms with van der Waals surface area (Å²) in [6.45, 7) is 7.83. The van der Waals surface area contributed by atoms with Crippen LogP contribution in [0.4, 0.5) is 0 Å². The van der Waals surface area contributed by atoms with Gasteiger partial charge in [0.15, 0.2) is 0 Å². The van der Waals surface area contributed by atoms with E-state index in [4.69, 9.17) is 21.4 Å². The Labute approximate surface area is 206 Å². The van der Waals surface area contributed by atoms with Gasteiger partial charge in [0.05, 0.1) is 30.8 Å². The fourth-order valence-electron chi connectivity index (χ4n) is 4.85. The number of hydrogen-bond donors (Lipinski definition) is 0. The van der Waals surface area contributed by atoms with Gasteiger partial charge in [0.25, 0.3) is 5.91 Å². The van der Waals surface area contributed by atoms with E-state index in [2.05, 4.69) is 32.0 Å². The van der Waals surface area contributed by atoms with E-state index in [1.807, 2.05) is 36.1 Å². The lowest BCUT2D eigenvalue weighted by molar-refractivity contribution is -0.150. The highest BCUT2D eigenvalue weighted by Gasteiger charge is 2.36. The molecule has 2 aromatic carbocycles. The average molecular weight is 482 g/mol. The summed E-state index contributed by atoms with van der Waals surface area (Å²) in [6.07, 6.45) is 2.26. The molecule has 0 unspecified atom stereocenters. The van der Waals surface area contributed by atoms with Crippen molar-refractivity contribution in [1.82, 2.24) is 9.91 Å². The SMILES string of the molecule is CCOC(=O)[C@H]1CCCN(CC(=O)N2N=C(c3cc(C)ccc3C)C[C@@H]2c2ccccc2Cl)C1. The number of hydrazone groups is 1. The molecule has 0 bridgehead atoms. The Morgan fingerprint density at radius 1 is 1.18 bits per heavy atom. The van der Waals surface area contributed by atoms with E-state index in [9.17, 15) is 9.59 Å². The molecule has 1 amide bonds. The molecular weight excluding hydrogens is 450 g/mol. The molecule has 180 valence electrons. The molecule has 2 atom stereocenters. The molecule has 2 aliphatic heterocycles. The van der Waals surface area contributed by atoms with Crippen LogP contribution >= 0.6 is 11.6 Å². The van der Waals surface area contributed by atoms with Gasteiger partial charge in [-0.3, -0.25) is 14.5 Å². The molecule has 1 saturated heterocycles. The van der Waals surface area contributed by atoms with E-state index in [-0.39, 0.29) is 30.4 Å². The lowest BCUT2D eigenvalue weighted by Crippen LogP contribution is -2.44. The summed E-state index contributed by atoms with van der Waals surface area (Å²) in [5, 5.41) is 7.06. The van der Waals surface area contributed by atoms with Crippen LogP contribution in [0.15, 0.2) is 47.6 Å². The van der Waals surface area contributed by atoms with E-state index in [1.165, 1.54) is 0 Å². The summed E-state index contributed by atoms with van der Waals surface area (Å²) >= 11 is 6.55. The van der Waals surface area contributed by atoms with Gasteiger partial charge >= 0.3 is 5.97 Å². The number of esters is 1. The number of aryl methyl sites for hydroxylation is 2. The van der Waals surface area contributed by atoms with Crippen LogP contribution < -0.4 is 0 Å². The predicted octanol–water partition coefficient (Wildman–Crippen LogP) is 4.91. The molecule has 0 N–H and O–H groups in total. The van der Waals surface area contributed by atoms with Crippen LogP contribution in [-0.2, 0) is 14.3 Å². The molecule has 1 fully saturated rings. The first-order chi connectivity index (χ1) is 16.4. The molecule has 0 radical (unpaired) electrons. The third-order valence-corrected chi connectivity index (χ3v) is 6.96. The van der Waals surface area contributed by atoms with E-state index in [1.54, 1.807) is 5.01 Å². The fraction of sp³-hybridized carbons (Fsp3) is 0.444. The van der Waals surface area contributed by atoms with Crippen molar-refractivity contribution < 1.29 is 14.3 Å². The number of carbonyl (C=O) groups is 2. The van der Waals surface area contributed by atoms with Crippen LogP contribution in [-0.4, -0.2) is 53.7 Å². The summed E-state index contributed by atoms with van der Waals surface area (Å²) in [7, 11) is 0. The Morgan fingerprint density at radius 3 is 2.74 bits per heavy atom. The number of piperidine rings is 1. The zero-order valence-electron chi connectivity index (χ0n) is 20.1. The van der Waals surface area contributed by atoms with Crippen LogP contribution in [0.5, 0.6) is 0 Å². The molecular formula is C27H32ClN3O3. The van der Waals surface area contributed by atoms with E-state index in [0.717, 1.165) is 47.4 Å². The maximum atomic E-state index is 13.6. The van der Waals surface area contributed by atoms with Gasteiger partial charge in [0, 0.05) is 23.6 Å². The fourth-order valence-corrected chi connectivity index (χ4v) is 5.11. The number of hydrogen-bond acceptors (Lipinski definition) is 5. The summed E-state index contributed by atoms with van der Waals surface area (Å²) in [6, 6.07) is 13.7. The second-order valence-electron chi connectivity index (χ2n) is 9.17. The third-order valence-electron chi connectivity index (χ3n) is 6.62. The molecule has 34 heavy (non-hydrogen) atoms. The van der Waals surface area contributed by atoms with Gasteiger partial charge in [0.1, 0.15) is 0 Å². The van der Waals surface area contributed by atoms with Crippen LogP contribution in [0.1, 0.15) is 54.5 Å². The number of benzene rings is 2. The lowest BCUT2D eigenvalue weighted by Gasteiger charge is -2.32. The van der Waals surface area contributed by atoms with Gasteiger partial charge in [-0.05, 0) is 63.4 Å². The minimum atomic E-state index is -0.262. The van der Waals surface area contributed by atoms with E-state index < -0.39 is 0 Å². The Balaban J connectivity index is 1.58. The average Bonchev–Trinajstić information content (AvgIpc) is 3.26. The van der Waals surface area contributed by atoms with Gasteiger partial charge in [-0.1, -0.05) is 47.5 Å².